The second kappa shape index (κ2) is 5.87. The number of ether oxygens (including phenoxy) is 1. The molecule has 1 aliphatic rings. The second-order valence-electron chi connectivity index (χ2n) is 4.79. The first-order valence-corrected chi connectivity index (χ1v) is 7.04. The molecule has 1 aliphatic heterocycles. The maximum absolute atomic E-state index is 5.45. The van der Waals surface area contributed by atoms with Gasteiger partial charge in [0.1, 0.15) is 5.75 Å². The molecule has 1 saturated heterocycles. The van der Waals surface area contributed by atoms with Gasteiger partial charge in [-0.1, -0.05) is 12.1 Å². The molecular weight excluding hydrogens is 278 g/mol. The fourth-order valence-corrected chi connectivity index (χ4v) is 3.27. The fraction of sp³-hybridized carbons (Fsp3) is 0.571. The van der Waals surface area contributed by atoms with Crippen molar-refractivity contribution in [3.8, 4) is 5.75 Å². The minimum absolute atomic E-state index is 0.806. The quantitative estimate of drug-likeness (QED) is 0.924. The number of methoxy groups -OCH3 is 1. The molecule has 1 heterocycles. The lowest BCUT2D eigenvalue weighted by Crippen LogP contribution is -2.28. The van der Waals surface area contributed by atoms with Crippen molar-refractivity contribution in [2.75, 3.05) is 20.2 Å². The third-order valence-electron chi connectivity index (χ3n) is 3.55. The van der Waals surface area contributed by atoms with Crippen molar-refractivity contribution in [3.63, 3.8) is 0 Å². The summed E-state index contributed by atoms with van der Waals surface area (Å²) in [5, 5.41) is 3.41. The molecule has 1 aromatic rings. The van der Waals surface area contributed by atoms with Crippen LogP contribution >= 0.6 is 15.9 Å². The smallest absolute Gasteiger partial charge is 0.136 e. The zero-order chi connectivity index (χ0) is 12.3. The van der Waals surface area contributed by atoms with E-state index in [0.717, 1.165) is 35.7 Å². The van der Waals surface area contributed by atoms with Gasteiger partial charge in [-0.25, -0.2) is 0 Å². The molecule has 0 saturated carbocycles. The van der Waals surface area contributed by atoms with E-state index >= 15 is 0 Å². The normalized spacial score (nSPS) is 17.1. The Hall–Kier alpha value is -0.540. The number of rotatable bonds is 3. The van der Waals surface area contributed by atoms with Crippen LogP contribution in [0.4, 0.5) is 0 Å². The molecule has 0 spiro atoms. The van der Waals surface area contributed by atoms with Gasteiger partial charge in [-0.2, -0.15) is 0 Å². The highest BCUT2D eigenvalue weighted by Crippen LogP contribution is 2.34. The van der Waals surface area contributed by atoms with E-state index in [2.05, 4.69) is 40.3 Å². The third-order valence-corrected chi connectivity index (χ3v) is 4.41. The van der Waals surface area contributed by atoms with Crippen LogP contribution in [0.2, 0.25) is 0 Å². The Bertz CT molecular complexity index is 386. The molecule has 1 aromatic carbocycles. The van der Waals surface area contributed by atoms with Crippen LogP contribution in [0.5, 0.6) is 5.75 Å². The SMILES string of the molecule is COc1c(C)ccc(CC2CCNCC2)c1Br. The molecule has 0 unspecified atom stereocenters. The average molecular weight is 298 g/mol. The van der Waals surface area contributed by atoms with Crippen molar-refractivity contribution in [3.05, 3.63) is 27.7 Å². The summed E-state index contributed by atoms with van der Waals surface area (Å²) in [5.74, 6) is 1.79. The van der Waals surface area contributed by atoms with Gasteiger partial charge in [0.15, 0.2) is 0 Å². The van der Waals surface area contributed by atoms with E-state index in [4.69, 9.17) is 4.74 Å². The molecule has 3 heteroatoms. The highest BCUT2D eigenvalue weighted by atomic mass is 79.9. The van der Waals surface area contributed by atoms with Crippen LogP contribution in [-0.2, 0) is 6.42 Å². The molecule has 94 valence electrons. The minimum Gasteiger partial charge on any atom is -0.495 e. The van der Waals surface area contributed by atoms with Crippen molar-refractivity contribution >= 4 is 15.9 Å². The van der Waals surface area contributed by atoms with E-state index < -0.39 is 0 Å². The first-order chi connectivity index (χ1) is 8.22. The second-order valence-corrected chi connectivity index (χ2v) is 5.58. The van der Waals surface area contributed by atoms with Gasteiger partial charge in [-0.15, -0.1) is 0 Å². The topological polar surface area (TPSA) is 21.3 Å². The number of hydrogen-bond donors (Lipinski definition) is 1. The number of halogens is 1. The summed E-state index contributed by atoms with van der Waals surface area (Å²) in [6.45, 7) is 4.40. The molecular formula is C14H20BrNO. The summed E-state index contributed by atoms with van der Waals surface area (Å²) >= 11 is 3.68. The molecule has 17 heavy (non-hydrogen) atoms. The summed E-state index contributed by atoms with van der Waals surface area (Å²) in [5.41, 5.74) is 2.56. The Morgan fingerprint density at radius 3 is 2.71 bits per heavy atom. The lowest BCUT2D eigenvalue weighted by Gasteiger charge is -2.23. The van der Waals surface area contributed by atoms with E-state index in [-0.39, 0.29) is 0 Å². The molecule has 2 rings (SSSR count). The van der Waals surface area contributed by atoms with Gasteiger partial charge in [0.05, 0.1) is 11.6 Å². The Morgan fingerprint density at radius 2 is 2.06 bits per heavy atom. The third kappa shape index (κ3) is 3.02. The van der Waals surface area contributed by atoms with Gasteiger partial charge in [-0.3, -0.25) is 0 Å². The predicted molar refractivity (Wildman–Crippen MR) is 74.7 cm³/mol. The van der Waals surface area contributed by atoms with Crippen molar-refractivity contribution in [1.82, 2.24) is 5.32 Å². The lowest BCUT2D eigenvalue weighted by molar-refractivity contribution is 0.370. The Balaban J connectivity index is 2.15. The first kappa shape index (κ1) is 12.9. The Kier molecular flexibility index (Phi) is 4.46. The van der Waals surface area contributed by atoms with E-state index in [1.807, 2.05) is 0 Å². The van der Waals surface area contributed by atoms with Gasteiger partial charge in [0, 0.05) is 0 Å². The summed E-state index contributed by atoms with van der Waals surface area (Å²) < 4.78 is 6.58. The van der Waals surface area contributed by atoms with Crippen molar-refractivity contribution in [2.24, 2.45) is 5.92 Å². The lowest BCUT2D eigenvalue weighted by atomic mass is 9.90. The predicted octanol–water partition coefficient (Wildman–Crippen LogP) is 3.31. The van der Waals surface area contributed by atoms with Crippen LogP contribution in [0, 0.1) is 12.8 Å². The largest absolute Gasteiger partial charge is 0.495 e. The van der Waals surface area contributed by atoms with E-state index in [1.165, 1.54) is 24.0 Å². The van der Waals surface area contributed by atoms with E-state index in [1.54, 1.807) is 7.11 Å². The fourth-order valence-electron chi connectivity index (χ4n) is 2.50. The van der Waals surface area contributed by atoms with Crippen LogP contribution in [-0.4, -0.2) is 20.2 Å². The molecule has 0 radical (unpaired) electrons. The van der Waals surface area contributed by atoms with E-state index in [0.29, 0.717) is 0 Å². The average Bonchev–Trinajstić information content (AvgIpc) is 2.35. The van der Waals surface area contributed by atoms with Crippen LogP contribution in [0.25, 0.3) is 0 Å². The number of piperidine rings is 1. The van der Waals surface area contributed by atoms with Gasteiger partial charge in [-0.05, 0) is 72.3 Å². The molecule has 2 nitrogen and oxygen atoms in total. The van der Waals surface area contributed by atoms with Crippen LogP contribution in [0.3, 0.4) is 0 Å². The van der Waals surface area contributed by atoms with Gasteiger partial charge < -0.3 is 10.1 Å². The monoisotopic (exact) mass is 297 g/mol. The molecule has 0 bridgehead atoms. The van der Waals surface area contributed by atoms with Crippen LogP contribution < -0.4 is 10.1 Å². The number of hydrogen-bond acceptors (Lipinski definition) is 2. The first-order valence-electron chi connectivity index (χ1n) is 6.25. The van der Waals surface area contributed by atoms with Crippen molar-refractivity contribution < 1.29 is 4.74 Å². The minimum atomic E-state index is 0.806. The Labute approximate surface area is 112 Å². The van der Waals surface area contributed by atoms with Crippen LogP contribution in [0.1, 0.15) is 24.0 Å². The molecule has 0 aromatic heterocycles. The van der Waals surface area contributed by atoms with Crippen molar-refractivity contribution in [1.29, 1.82) is 0 Å². The maximum atomic E-state index is 5.45. The molecule has 0 atom stereocenters. The van der Waals surface area contributed by atoms with Crippen LogP contribution in [0.15, 0.2) is 16.6 Å². The summed E-state index contributed by atoms with van der Waals surface area (Å²) in [7, 11) is 1.74. The highest BCUT2D eigenvalue weighted by molar-refractivity contribution is 9.10. The Morgan fingerprint density at radius 1 is 1.35 bits per heavy atom. The number of benzene rings is 1. The van der Waals surface area contributed by atoms with Crippen molar-refractivity contribution in [2.45, 2.75) is 26.2 Å². The van der Waals surface area contributed by atoms with Gasteiger partial charge in [0.25, 0.3) is 0 Å². The standard InChI is InChI=1S/C14H20BrNO/c1-10-3-4-12(13(15)14(10)17-2)9-11-5-7-16-8-6-11/h3-4,11,16H,5-9H2,1-2H3. The van der Waals surface area contributed by atoms with Gasteiger partial charge >= 0.3 is 0 Å². The number of aryl methyl sites for hydroxylation is 1. The molecule has 1 fully saturated rings. The highest BCUT2D eigenvalue weighted by Gasteiger charge is 2.17. The number of nitrogens with one attached hydrogen (secondary N) is 1. The summed E-state index contributed by atoms with van der Waals surface area (Å²) in [4.78, 5) is 0. The zero-order valence-electron chi connectivity index (χ0n) is 10.6. The summed E-state index contributed by atoms with van der Waals surface area (Å²) in [6.07, 6.45) is 3.71. The summed E-state index contributed by atoms with van der Waals surface area (Å²) in [6, 6.07) is 4.38. The molecule has 1 N–H and O–H groups in total. The molecule has 0 amide bonds. The zero-order valence-corrected chi connectivity index (χ0v) is 12.1. The van der Waals surface area contributed by atoms with Gasteiger partial charge in [0.2, 0.25) is 0 Å². The maximum Gasteiger partial charge on any atom is 0.136 e. The molecule has 0 aliphatic carbocycles. The van der Waals surface area contributed by atoms with E-state index in [9.17, 15) is 0 Å².